The lowest BCUT2D eigenvalue weighted by Gasteiger charge is -2.34. The molecule has 6 heterocycles. The number of nitrogens with one attached hydrogen (secondary N) is 4. The van der Waals surface area contributed by atoms with E-state index in [0.717, 1.165) is 79.7 Å². The fourth-order valence-corrected chi connectivity index (χ4v) is 7.45. The van der Waals surface area contributed by atoms with Gasteiger partial charge < -0.3 is 0 Å². The number of aromatic amines is 4. The molecule has 0 spiro atoms. The van der Waals surface area contributed by atoms with Gasteiger partial charge >= 0.3 is 0 Å². The maximum atomic E-state index is 4.82. The summed E-state index contributed by atoms with van der Waals surface area (Å²) in [6.07, 6.45) is 0. The van der Waals surface area contributed by atoms with Gasteiger partial charge in [0.15, 0.2) is 23.3 Å². The van der Waals surface area contributed by atoms with Gasteiger partial charge in [0.2, 0.25) is 0 Å². The molecule has 7 aromatic rings. The molecule has 4 N–H and O–H groups in total. The quantitative estimate of drug-likeness (QED) is 0.163. The molecule has 46 heavy (non-hydrogen) atoms. The first-order valence-corrected chi connectivity index (χ1v) is 15.5. The molecule has 0 unspecified atom stereocenters. The van der Waals surface area contributed by atoms with Gasteiger partial charge in [-0.1, -0.05) is 60.7 Å². The van der Waals surface area contributed by atoms with Gasteiger partial charge in [-0.15, -0.1) is 0 Å². The van der Waals surface area contributed by atoms with Crippen molar-refractivity contribution >= 4 is 34.6 Å². The van der Waals surface area contributed by atoms with Gasteiger partial charge in [-0.25, -0.2) is 0 Å². The molecule has 9 rings (SSSR count). The van der Waals surface area contributed by atoms with E-state index in [2.05, 4.69) is 143 Å². The van der Waals surface area contributed by atoms with Gasteiger partial charge in [0, 0.05) is 68.2 Å². The highest BCUT2D eigenvalue weighted by atomic mass is 15.4. The number of hydrogen-bond acceptors (Lipinski definition) is 6. The van der Waals surface area contributed by atoms with E-state index in [1.54, 1.807) is 0 Å². The van der Waals surface area contributed by atoms with Crippen molar-refractivity contribution in [2.45, 2.75) is 39.5 Å². The SMILES string of the molecule is Cc1[nH]nc2c1C(c1ccccc1)c1c(n[nH]c1C)N2c1ccc(N2c3n[nH]c(C)c3C(c3ccccc3)c3c2n[nH]c3C)cc1. The molecule has 4 aromatic heterocycles. The van der Waals surface area contributed by atoms with Gasteiger partial charge in [0.05, 0.1) is 0 Å². The van der Waals surface area contributed by atoms with Crippen LogP contribution in [0.2, 0.25) is 0 Å². The van der Waals surface area contributed by atoms with E-state index in [1.807, 2.05) is 0 Å². The third kappa shape index (κ3) is 3.64. The molecular weight excluding hydrogens is 572 g/mol. The van der Waals surface area contributed by atoms with Crippen molar-refractivity contribution in [3.8, 4) is 0 Å². The van der Waals surface area contributed by atoms with Crippen LogP contribution in [0.5, 0.6) is 0 Å². The second-order valence-electron chi connectivity index (χ2n) is 12.2. The van der Waals surface area contributed by atoms with Crippen LogP contribution in [0.1, 0.15) is 68.0 Å². The summed E-state index contributed by atoms with van der Waals surface area (Å²) in [5.74, 6) is 3.48. The molecular formula is C36H32N10. The van der Waals surface area contributed by atoms with Crippen LogP contribution in [0.25, 0.3) is 0 Å². The van der Waals surface area contributed by atoms with E-state index in [0.29, 0.717) is 0 Å². The first-order valence-electron chi connectivity index (χ1n) is 15.5. The second kappa shape index (κ2) is 9.80. The van der Waals surface area contributed by atoms with Gasteiger partial charge in [0.25, 0.3) is 0 Å². The Bertz CT molecular complexity index is 1960. The number of rotatable bonds is 4. The molecule has 10 heteroatoms. The fourth-order valence-electron chi connectivity index (χ4n) is 7.45. The molecule has 10 nitrogen and oxygen atoms in total. The first-order chi connectivity index (χ1) is 22.5. The number of aryl methyl sites for hydroxylation is 4. The average molecular weight is 605 g/mol. The highest BCUT2D eigenvalue weighted by molar-refractivity contribution is 5.86. The Balaban J connectivity index is 1.16. The summed E-state index contributed by atoms with van der Waals surface area (Å²) in [4.78, 5) is 4.30. The molecule has 0 aliphatic carbocycles. The summed E-state index contributed by atoms with van der Waals surface area (Å²) in [5, 5.41) is 32.4. The Hall–Kier alpha value is -5.90. The van der Waals surface area contributed by atoms with Crippen LogP contribution in [0.3, 0.4) is 0 Å². The van der Waals surface area contributed by atoms with E-state index in [-0.39, 0.29) is 11.8 Å². The third-order valence-electron chi connectivity index (χ3n) is 9.53. The summed E-state index contributed by atoms with van der Waals surface area (Å²) in [6, 6.07) is 29.7. The molecule has 0 fully saturated rings. The van der Waals surface area contributed by atoms with Gasteiger partial charge in [0.1, 0.15) is 0 Å². The van der Waals surface area contributed by atoms with Crippen molar-refractivity contribution < 1.29 is 0 Å². The summed E-state index contributed by atoms with van der Waals surface area (Å²) in [7, 11) is 0. The number of aromatic nitrogens is 8. The minimum Gasteiger partial charge on any atom is -0.280 e. The van der Waals surface area contributed by atoms with Crippen LogP contribution in [-0.4, -0.2) is 40.8 Å². The maximum Gasteiger partial charge on any atom is 0.165 e. The molecule has 0 amide bonds. The third-order valence-corrected chi connectivity index (χ3v) is 9.53. The average Bonchev–Trinajstić information content (AvgIpc) is 3.87. The maximum absolute atomic E-state index is 4.82. The van der Waals surface area contributed by atoms with E-state index in [9.17, 15) is 0 Å². The van der Waals surface area contributed by atoms with Crippen molar-refractivity contribution in [2.24, 2.45) is 0 Å². The Morgan fingerprint density at radius 3 is 0.978 bits per heavy atom. The van der Waals surface area contributed by atoms with Crippen LogP contribution in [0, 0.1) is 27.7 Å². The van der Waals surface area contributed by atoms with Crippen molar-refractivity contribution in [3.05, 3.63) is 141 Å². The van der Waals surface area contributed by atoms with Crippen molar-refractivity contribution in [1.29, 1.82) is 0 Å². The number of anilines is 6. The highest BCUT2D eigenvalue weighted by Gasteiger charge is 2.41. The highest BCUT2D eigenvalue weighted by Crippen LogP contribution is 2.54. The summed E-state index contributed by atoms with van der Waals surface area (Å²) in [6.45, 7) is 8.37. The molecule has 0 saturated heterocycles. The minimum atomic E-state index is 0.0211. The lowest BCUT2D eigenvalue weighted by atomic mass is 9.82. The Kier molecular flexibility index (Phi) is 5.65. The van der Waals surface area contributed by atoms with Crippen LogP contribution in [0.4, 0.5) is 34.6 Å². The second-order valence-corrected chi connectivity index (χ2v) is 12.2. The summed E-state index contributed by atoms with van der Waals surface area (Å²) >= 11 is 0. The summed E-state index contributed by atoms with van der Waals surface area (Å²) < 4.78 is 0. The summed E-state index contributed by atoms with van der Waals surface area (Å²) in [5.41, 5.74) is 13.1. The van der Waals surface area contributed by atoms with Crippen LogP contribution in [-0.2, 0) is 0 Å². The standard InChI is InChI=1S/C36H32N10/c1-19-27-31(23-11-7-5-8-12-23)28-20(2)38-42-34(28)45(33(27)41-37-19)25-15-17-26(18-16-25)46-35-29(21(3)39-43-35)32(24-13-9-6-10-14-24)30-22(4)40-44-36(30)46/h5-18,31-32H,1-4H3,(H,37,41)(H,38,42)(H,39,43)(H,40,44). The molecule has 2 aliphatic heterocycles. The molecule has 0 atom stereocenters. The number of fused-ring (bicyclic) bond motifs is 4. The Morgan fingerprint density at radius 1 is 0.413 bits per heavy atom. The predicted octanol–water partition coefficient (Wildman–Crippen LogP) is 7.74. The molecule has 226 valence electrons. The molecule has 0 radical (unpaired) electrons. The number of benzene rings is 3. The van der Waals surface area contributed by atoms with Crippen LogP contribution in [0.15, 0.2) is 84.9 Å². The van der Waals surface area contributed by atoms with Crippen LogP contribution < -0.4 is 9.80 Å². The fraction of sp³-hybridized carbons (Fsp3) is 0.167. The number of hydrogen-bond donors (Lipinski definition) is 4. The monoisotopic (exact) mass is 604 g/mol. The van der Waals surface area contributed by atoms with Crippen molar-refractivity contribution in [2.75, 3.05) is 9.80 Å². The number of H-pyrrole nitrogens is 4. The Morgan fingerprint density at radius 2 is 0.696 bits per heavy atom. The predicted molar refractivity (Wildman–Crippen MR) is 178 cm³/mol. The molecule has 3 aromatic carbocycles. The lowest BCUT2D eigenvalue weighted by Crippen LogP contribution is -2.23. The van der Waals surface area contributed by atoms with Crippen molar-refractivity contribution in [1.82, 2.24) is 40.8 Å². The topological polar surface area (TPSA) is 121 Å². The molecule has 0 bridgehead atoms. The van der Waals surface area contributed by atoms with E-state index >= 15 is 0 Å². The van der Waals surface area contributed by atoms with Gasteiger partial charge in [-0.2, -0.15) is 20.4 Å². The van der Waals surface area contributed by atoms with E-state index in [1.165, 1.54) is 11.1 Å². The van der Waals surface area contributed by atoms with Crippen molar-refractivity contribution in [3.63, 3.8) is 0 Å². The number of nitrogens with zero attached hydrogens (tertiary/aromatic N) is 6. The normalized spacial score (nSPS) is 14.3. The first kappa shape index (κ1) is 26.5. The molecule has 0 saturated carbocycles. The molecule has 2 aliphatic rings. The van der Waals surface area contributed by atoms with Gasteiger partial charge in [-0.05, 0) is 63.1 Å². The van der Waals surface area contributed by atoms with E-state index < -0.39 is 0 Å². The van der Waals surface area contributed by atoms with Gasteiger partial charge in [-0.3, -0.25) is 30.2 Å². The largest absolute Gasteiger partial charge is 0.280 e. The Labute approximate surface area is 265 Å². The minimum absolute atomic E-state index is 0.0211. The van der Waals surface area contributed by atoms with E-state index in [4.69, 9.17) is 20.4 Å². The zero-order valence-electron chi connectivity index (χ0n) is 25.9. The van der Waals surface area contributed by atoms with Crippen LogP contribution >= 0.6 is 0 Å². The zero-order chi connectivity index (χ0) is 31.1. The lowest BCUT2D eigenvalue weighted by molar-refractivity contribution is 0.916. The smallest absolute Gasteiger partial charge is 0.165 e. The zero-order valence-corrected chi connectivity index (χ0v) is 25.9.